The Morgan fingerprint density at radius 2 is 1.06 bits per heavy atom. The smallest absolute Gasteiger partial charge is 0.172 e. The van der Waals surface area contributed by atoms with E-state index >= 15 is 0 Å². The Hall–Kier alpha value is -4.12. The number of rotatable bonds is 5. The molecule has 33 heavy (non-hydrogen) atoms. The van der Waals surface area contributed by atoms with Crippen LogP contribution in [0.3, 0.4) is 0 Å². The summed E-state index contributed by atoms with van der Waals surface area (Å²) in [4.78, 5) is 1.99. The summed E-state index contributed by atoms with van der Waals surface area (Å²) >= 11 is 0. The van der Waals surface area contributed by atoms with Crippen LogP contribution in [-0.2, 0) is 0 Å². The van der Waals surface area contributed by atoms with E-state index < -0.39 is 0 Å². The Kier molecular flexibility index (Phi) is 5.88. The number of ether oxygens (including phenoxy) is 1. The molecule has 0 saturated heterocycles. The first kappa shape index (κ1) is 22.1. The third-order valence-corrected chi connectivity index (χ3v) is 5.71. The maximum Gasteiger partial charge on any atom is 0.172 e. The van der Waals surface area contributed by atoms with Crippen molar-refractivity contribution in [2.45, 2.75) is 27.7 Å². The SMILES string of the molecule is Cc1ccc(O)cc1N(c1ccc(Oc2c(C)ccc(C)c2O)cc1)c1cc(O)ccc1C. The fraction of sp³-hybridized carbons (Fsp3) is 0.143. The van der Waals surface area contributed by atoms with Crippen molar-refractivity contribution in [2.75, 3.05) is 4.90 Å². The summed E-state index contributed by atoms with van der Waals surface area (Å²) in [5.41, 5.74) is 5.95. The molecule has 5 nitrogen and oxygen atoms in total. The molecule has 4 rings (SSSR count). The number of aryl methyl sites for hydroxylation is 4. The highest BCUT2D eigenvalue weighted by Gasteiger charge is 2.18. The molecule has 0 unspecified atom stereocenters. The van der Waals surface area contributed by atoms with Gasteiger partial charge in [0.1, 0.15) is 17.2 Å². The lowest BCUT2D eigenvalue weighted by Crippen LogP contribution is -2.12. The number of nitrogens with zero attached hydrogens (tertiary/aromatic N) is 1. The van der Waals surface area contributed by atoms with E-state index in [4.69, 9.17) is 4.74 Å². The maximum atomic E-state index is 10.4. The van der Waals surface area contributed by atoms with Crippen LogP contribution in [0.25, 0.3) is 0 Å². The number of phenolic OH excluding ortho intramolecular Hbond substituents is 3. The van der Waals surface area contributed by atoms with Crippen molar-refractivity contribution in [2.24, 2.45) is 0 Å². The molecule has 0 aliphatic rings. The van der Waals surface area contributed by atoms with E-state index in [1.54, 1.807) is 24.3 Å². The van der Waals surface area contributed by atoms with Gasteiger partial charge in [-0.3, -0.25) is 0 Å². The largest absolute Gasteiger partial charge is 0.508 e. The predicted octanol–water partition coefficient (Wildman–Crippen LogP) is 7.30. The number of hydrogen-bond acceptors (Lipinski definition) is 5. The molecule has 0 atom stereocenters. The quantitative estimate of drug-likeness (QED) is 0.303. The molecule has 0 amide bonds. The lowest BCUT2D eigenvalue weighted by molar-refractivity contribution is 0.406. The minimum atomic E-state index is 0.131. The average molecular weight is 442 g/mol. The zero-order valence-electron chi connectivity index (χ0n) is 19.1. The molecule has 0 saturated carbocycles. The molecule has 0 radical (unpaired) electrons. The van der Waals surface area contributed by atoms with Gasteiger partial charge in [0.25, 0.3) is 0 Å². The normalized spacial score (nSPS) is 10.8. The Bertz CT molecular complexity index is 1260. The summed E-state index contributed by atoms with van der Waals surface area (Å²) in [6.45, 7) is 7.67. The molecule has 4 aromatic rings. The van der Waals surface area contributed by atoms with E-state index in [-0.39, 0.29) is 17.2 Å². The minimum absolute atomic E-state index is 0.131. The van der Waals surface area contributed by atoms with Gasteiger partial charge in [0.15, 0.2) is 11.5 Å². The van der Waals surface area contributed by atoms with Crippen LogP contribution in [0.4, 0.5) is 17.1 Å². The fourth-order valence-corrected chi connectivity index (χ4v) is 3.77. The van der Waals surface area contributed by atoms with Crippen molar-refractivity contribution < 1.29 is 20.1 Å². The van der Waals surface area contributed by atoms with Crippen LogP contribution in [0.15, 0.2) is 72.8 Å². The monoisotopic (exact) mass is 441 g/mol. The van der Waals surface area contributed by atoms with E-state index in [1.165, 1.54) is 0 Å². The number of benzene rings is 4. The predicted molar refractivity (Wildman–Crippen MR) is 132 cm³/mol. The zero-order valence-corrected chi connectivity index (χ0v) is 19.1. The van der Waals surface area contributed by atoms with Gasteiger partial charge in [-0.1, -0.05) is 24.3 Å². The van der Waals surface area contributed by atoms with Crippen molar-refractivity contribution in [3.05, 3.63) is 95.1 Å². The number of aromatic hydroxyl groups is 3. The molecule has 5 heteroatoms. The molecule has 0 aliphatic carbocycles. The van der Waals surface area contributed by atoms with Crippen LogP contribution in [-0.4, -0.2) is 15.3 Å². The lowest BCUT2D eigenvalue weighted by Gasteiger charge is -2.28. The third kappa shape index (κ3) is 4.44. The second-order valence-corrected chi connectivity index (χ2v) is 8.25. The van der Waals surface area contributed by atoms with Crippen LogP contribution in [0.2, 0.25) is 0 Å². The van der Waals surface area contributed by atoms with Crippen LogP contribution in [0.5, 0.6) is 28.7 Å². The molecule has 0 bridgehead atoms. The second kappa shape index (κ2) is 8.79. The molecular formula is C28H27NO4. The first-order chi connectivity index (χ1) is 15.7. The first-order valence-corrected chi connectivity index (χ1v) is 10.7. The Balaban J connectivity index is 1.78. The summed E-state index contributed by atoms with van der Waals surface area (Å²) in [7, 11) is 0. The molecule has 0 fully saturated rings. The second-order valence-electron chi connectivity index (χ2n) is 8.25. The zero-order chi connectivity index (χ0) is 23.7. The van der Waals surface area contributed by atoms with Gasteiger partial charge < -0.3 is 25.0 Å². The summed E-state index contributed by atoms with van der Waals surface area (Å²) in [6, 6.07) is 21.7. The fourth-order valence-electron chi connectivity index (χ4n) is 3.77. The van der Waals surface area contributed by atoms with E-state index in [1.807, 2.05) is 81.1 Å². The Labute approximate surface area is 193 Å². The van der Waals surface area contributed by atoms with Gasteiger partial charge in [-0.15, -0.1) is 0 Å². The highest BCUT2D eigenvalue weighted by molar-refractivity contribution is 5.81. The maximum absolute atomic E-state index is 10.4. The molecule has 4 aromatic carbocycles. The van der Waals surface area contributed by atoms with E-state index in [2.05, 4.69) is 0 Å². The molecular weight excluding hydrogens is 414 g/mol. The summed E-state index contributed by atoms with van der Waals surface area (Å²) in [6.07, 6.45) is 0. The van der Waals surface area contributed by atoms with Crippen LogP contribution < -0.4 is 9.64 Å². The van der Waals surface area contributed by atoms with Crippen molar-refractivity contribution in [3.8, 4) is 28.7 Å². The highest BCUT2D eigenvalue weighted by atomic mass is 16.5. The van der Waals surface area contributed by atoms with Gasteiger partial charge >= 0.3 is 0 Å². The van der Waals surface area contributed by atoms with E-state index in [0.29, 0.717) is 11.5 Å². The van der Waals surface area contributed by atoms with Crippen molar-refractivity contribution in [1.82, 2.24) is 0 Å². The Morgan fingerprint density at radius 1 is 0.576 bits per heavy atom. The van der Waals surface area contributed by atoms with Crippen LogP contribution in [0, 0.1) is 27.7 Å². The van der Waals surface area contributed by atoms with Gasteiger partial charge in [-0.2, -0.15) is 0 Å². The number of hydrogen-bond donors (Lipinski definition) is 3. The topological polar surface area (TPSA) is 73.2 Å². The van der Waals surface area contributed by atoms with Gasteiger partial charge in [-0.25, -0.2) is 0 Å². The summed E-state index contributed by atoms with van der Waals surface area (Å²) in [5, 5.41) is 30.7. The molecule has 0 heterocycles. The van der Waals surface area contributed by atoms with Crippen molar-refractivity contribution in [1.29, 1.82) is 0 Å². The lowest BCUT2D eigenvalue weighted by atomic mass is 10.1. The highest BCUT2D eigenvalue weighted by Crippen LogP contribution is 2.42. The molecule has 3 N–H and O–H groups in total. The number of phenols is 3. The minimum Gasteiger partial charge on any atom is -0.508 e. The van der Waals surface area contributed by atoms with E-state index in [0.717, 1.165) is 39.3 Å². The molecule has 0 aliphatic heterocycles. The van der Waals surface area contributed by atoms with E-state index in [9.17, 15) is 15.3 Å². The Morgan fingerprint density at radius 3 is 1.61 bits per heavy atom. The van der Waals surface area contributed by atoms with Crippen molar-refractivity contribution in [3.63, 3.8) is 0 Å². The standard InChI is InChI=1S/C28H27NO4/c1-17-7-11-22(30)15-25(17)29(26-16-23(31)12-8-18(26)2)21-9-13-24(14-10-21)33-28-20(4)6-5-19(3)27(28)32/h5-16,30-32H,1-4H3. The molecule has 0 spiro atoms. The van der Waals surface area contributed by atoms with Gasteiger partial charge in [0.05, 0.1) is 11.4 Å². The summed E-state index contributed by atoms with van der Waals surface area (Å²) < 4.78 is 6.00. The molecule has 168 valence electrons. The average Bonchev–Trinajstić information content (AvgIpc) is 2.80. The summed E-state index contributed by atoms with van der Waals surface area (Å²) in [5.74, 6) is 1.47. The molecule has 0 aromatic heterocycles. The third-order valence-electron chi connectivity index (χ3n) is 5.71. The van der Waals surface area contributed by atoms with Gasteiger partial charge in [0, 0.05) is 17.8 Å². The van der Waals surface area contributed by atoms with Gasteiger partial charge in [0.2, 0.25) is 0 Å². The van der Waals surface area contributed by atoms with Crippen LogP contribution >= 0.6 is 0 Å². The van der Waals surface area contributed by atoms with Gasteiger partial charge in [-0.05, 0) is 86.3 Å². The van der Waals surface area contributed by atoms with Crippen molar-refractivity contribution >= 4 is 17.1 Å². The number of anilines is 3. The first-order valence-electron chi connectivity index (χ1n) is 10.7. The van der Waals surface area contributed by atoms with Crippen LogP contribution in [0.1, 0.15) is 22.3 Å².